The number of hydroxylamine groups is 2. The molecule has 0 unspecified atom stereocenters. The zero-order chi connectivity index (χ0) is 7.56. The minimum Gasteiger partial charge on any atom is -0.277 e. The summed E-state index contributed by atoms with van der Waals surface area (Å²) >= 11 is 0. The maximum atomic E-state index is 5.06. The van der Waals surface area contributed by atoms with Crippen molar-refractivity contribution < 1.29 is 4.84 Å². The van der Waals surface area contributed by atoms with E-state index in [0.717, 1.165) is 17.9 Å². The van der Waals surface area contributed by atoms with Crippen molar-refractivity contribution in [1.29, 1.82) is 0 Å². The zero-order valence-corrected chi connectivity index (χ0v) is 6.59. The van der Waals surface area contributed by atoms with E-state index in [1.165, 1.54) is 0 Å². The lowest BCUT2D eigenvalue weighted by Crippen LogP contribution is -2.25. The van der Waals surface area contributed by atoms with E-state index in [-0.39, 0.29) is 0 Å². The first-order chi connectivity index (χ1) is 4.75. The monoisotopic (exact) mass is 140 g/mol. The van der Waals surface area contributed by atoms with Gasteiger partial charge in [0.25, 0.3) is 0 Å². The summed E-state index contributed by atoms with van der Waals surface area (Å²) < 4.78 is 0. The minimum absolute atomic E-state index is 0.750. The molecule has 1 aliphatic rings. The Morgan fingerprint density at radius 2 is 2.30 bits per heavy atom. The lowest BCUT2D eigenvalue weighted by molar-refractivity contribution is -0.0884. The van der Waals surface area contributed by atoms with Gasteiger partial charge in [0, 0.05) is 6.21 Å². The van der Waals surface area contributed by atoms with Crippen LogP contribution in [0.1, 0.15) is 13.8 Å². The summed E-state index contributed by atoms with van der Waals surface area (Å²) in [4.78, 5) is 9.20. The van der Waals surface area contributed by atoms with Crippen molar-refractivity contribution in [2.45, 2.75) is 13.8 Å². The maximum Gasteiger partial charge on any atom is 0.0805 e. The molecule has 0 saturated carbocycles. The summed E-state index contributed by atoms with van der Waals surface area (Å²) in [6.45, 7) is 4.71. The molecule has 10 heavy (non-hydrogen) atoms. The Labute approximate surface area is 61.0 Å². The number of hydrogen-bond acceptors (Lipinski definition) is 3. The van der Waals surface area contributed by atoms with E-state index in [4.69, 9.17) is 4.84 Å². The van der Waals surface area contributed by atoms with Gasteiger partial charge in [-0.15, -0.1) is 0 Å². The van der Waals surface area contributed by atoms with Crippen LogP contribution in [-0.4, -0.2) is 24.9 Å². The van der Waals surface area contributed by atoms with E-state index in [1.54, 1.807) is 7.11 Å². The van der Waals surface area contributed by atoms with Crippen LogP contribution in [0.5, 0.6) is 0 Å². The Bertz CT molecular complexity index is 184. The second kappa shape index (κ2) is 2.84. The molecule has 0 amide bonds. The highest BCUT2D eigenvalue weighted by Crippen LogP contribution is 2.12. The van der Waals surface area contributed by atoms with Crippen LogP contribution in [0.4, 0.5) is 0 Å². The first-order valence-corrected chi connectivity index (χ1v) is 3.27. The zero-order valence-electron chi connectivity index (χ0n) is 6.59. The normalized spacial score (nSPS) is 18.5. The molecule has 0 aliphatic carbocycles. The number of nitrogens with zero attached hydrogens (tertiary/aromatic N) is 2. The molecule has 0 radical (unpaired) electrons. The third kappa shape index (κ3) is 1.19. The van der Waals surface area contributed by atoms with E-state index in [9.17, 15) is 0 Å². The third-order valence-electron chi connectivity index (χ3n) is 1.65. The fourth-order valence-corrected chi connectivity index (χ4v) is 0.874. The average Bonchev–Trinajstić information content (AvgIpc) is 1.95. The standard InChI is InChI=1S/C7H12N2O/c1-6-7(2)9(10-3)5-4-8-6/h4H,5H2,1-3H3. The van der Waals surface area contributed by atoms with Crippen molar-refractivity contribution in [2.24, 2.45) is 4.99 Å². The van der Waals surface area contributed by atoms with Gasteiger partial charge in [-0.2, -0.15) is 0 Å². The van der Waals surface area contributed by atoms with Crippen molar-refractivity contribution >= 4 is 6.21 Å². The summed E-state index contributed by atoms with van der Waals surface area (Å²) in [7, 11) is 1.66. The molecule has 1 aliphatic heterocycles. The van der Waals surface area contributed by atoms with Crippen LogP contribution in [0.25, 0.3) is 0 Å². The number of hydrogen-bond donors (Lipinski definition) is 0. The van der Waals surface area contributed by atoms with Crippen LogP contribution in [-0.2, 0) is 4.84 Å². The largest absolute Gasteiger partial charge is 0.277 e. The second-order valence-electron chi connectivity index (χ2n) is 2.23. The van der Waals surface area contributed by atoms with Crippen LogP contribution in [0, 0.1) is 0 Å². The Morgan fingerprint density at radius 3 is 2.80 bits per heavy atom. The van der Waals surface area contributed by atoms with Gasteiger partial charge in [0.1, 0.15) is 0 Å². The molecule has 0 aromatic heterocycles. The van der Waals surface area contributed by atoms with Gasteiger partial charge in [-0.3, -0.25) is 14.9 Å². The molecule has 0 spiro atoms. The first-order valence-electron chi connectivity index (χ1n) is 3.27. The molecule has 56 valence electrons. The molecule has 1 heterocycles. The maximum absolute atomic E-state index is 5.06. The van der Waals surface area contributed by atoms with Gasteiger partial charge in [0.2, 0.25) is 0 Å². The van der Waals surface area contributed by atoms with E-state index in [2.05, 4.69) is 4.99 Å². The molecule has 0 saturated heterocycles. The molecule has 3 heteroatoms. The molecule has 0 fully saturated rings. The summed E-state index contributed by atoms with van der Waals surface area (Å²) in [5.41, 5.74) is 2.11. The Kier molecular flexibility index (Phi) is 2.06. The predicted octanol–water partition coefficient (Wildman–Crippen LogP) is 1.19. The first kappa shape index (κ1) is 7.28. The molecule has 1 rings (SSSR count). The number of rotatable bonds is 1. The highest BCUT2D eigenvalue weighted by molar-refractivity contribution is 5.63. The van der Waals surface area contributed by atoms with Gasteiger partial charge in [0.15, 0.2) is 0 Å². The highest BCUT2D eigenvalue weighted by atomic mass is 16.7. The van der Waals surface area contributed by atoms with Crippen LogP contribution in [0.15, 0.2) is 16.4 Å². The van der Waals surface area contributed by atoms with Crippen LogP contribution >= 0.6 is 0 Å². The highest BCUT2D eigenvalue weighted by Gasteiger charge is 2.08. The SMILES string of the molecule is CON1CC=NC(C)=C1C. The summed E-state index contributed by atoms with van der Waals surface area (Å²) in [6, 6.07) is 0. The molecule has 0 atom stereocenters. The van der Waals surface area contributed by atoms with Crippen molar-refractivity contribution in [3.8, 4) is 0 Å². The summed E-state index contributed by atoms with van der Waals surface area (Å²) in [5, 5.41) is 1.81. The quantitative estimate of drug-likeness (QED) is 0.546. The molecular weight excluding hydrogens is 128 g/mol. The van der Waals surface area contributed by atoms with Crippen molar-refractivity contribution in [1.82, 2.24) is 5.06 Å². The molecular formula is C7H12N2O. The van der Waals surface area contributed by atoms with E-state index >= 15 is 0 Å². The van der Waals surface area contributed by atoms with Crippen molar-refractivity contribution in [2.75, 3.05) is 13.7 Å². The topological polar surface area (TPSA) is 24.8 Å². The molecule has 3 nitrogen and oxygen atoms in total. The Morgan fingerprint density at radius 1 is 1.60 bits per heavy atom. The fourth-order valence-electron chi connectivity index (χ4n) is 0.874. The fraction of sp³-hybridized carbons (Fsp3) is 0.571. The van der Waals surface area contributed by atoms with Gasteiger partial charge < -0.3 is 0 Å². The van der Waals surface area contributed by atoms with Crippen LogP contribution < -0.4 is 0 Å². The Hall–Kier alpha value is -0.830. The minimum atomic E-state index is 0.750. The Balaban J connectivity index is 2.77. The summed E-state index contributed by atoms with van der Waals surface area (Å²) in [5.74, 6) is 0. The smallest absolute Gasteiger partial charge is 0.0805 e. The lowest BCUT2D eigenvalue weighted by Gasteiger charge is -2.23. The van der Waals surface area contributed by atoms with Gasteiger partial charge >= 0.3 is 0 Å². The van der Waals surface area contributed by atoms with Crippen molar-refractivity contribution in [3.63, 3.8) is 0 Å². The van der Waals surface area contributed by atoms with Crippen molar-refractivity contribution in [3.05, 3.63) is 11.4 Å². The van der Waals surface area contributed by atoms with E-state index in [0.29, 0.717) is 0 Å². The molecule has 0 bridgehead atoms. The molecule has 0 N–H and O–H groups in total. The number of allylic oxidation sites excluding steroid dienone is 2. The second-order valence-corrected chi connectivity index (χ2v) is 2.23. The lowest BCUT2D eigenvalue weighted by atomic mass is 10.3. The molecule has 0 aromatic rings. The van der Waals surface area contributed by atoms with E-state index < -0.39 is 0 Å². The average molecular weight is 140 g/mol. The predicted molar refractivity (Wildman–Crippen MR) is 40.6 cm³/mol. The van der Waals surface area contributed by atoms with E-state index in [1.807, 2.05) is 25.1 Å². The summed E-state index contributed by atoms with van der Waals surface area (Å²) in [6.07, 6.45) is 1.84. The molecule has 0 aromatic carbocycles. The van der Waals surface area contributed by atoms with Gasteiger partial charge in [-0.05, 0) is 13.8 Å². The van der Waals surface area contributed by atoms with Gasteiger partial charge in [0.05, 0.1) is 25.0 Å². The van der Waals surface area contributed by atoms with Crippen LogP contribution in [0.3, 0.4) is 0 Å². The third-order valence-corrected chi connectivity index (χ3v) is 1.65. The van der Waals surface area contributed by atoms with Gasteiger partial charge in [-0.25, -0.2) is 0 Å². The number of aliphatic imine (C=N–C) groups is 1. The van der Waals surface area contributed by atoms with Crippen LogP contribution in [0.2, 0.25) is 0 Å². The van der Waals surface area contributed by atoms with Gasteiger partial charge in [-0.1, -0.05) is 0 Å².